The summed E-state index contributed by atoms with van der Waals surface area (Å²) in [5.41, 5.74) is 1.07. The van der Waals surface area contributed by atoms with E-state index in [9.17, 15) is 18.0 Å². The van der Waals surface area contributed by atoms with Crippen LogP contribution in [0.3, 0.4) is 0 Å². The SMILES string of the molecule is Cc1cccc(N2CCN(C(=O)c3ccccc3C(F)(F)F)CC2)c1. The topological polar surface area (TPSA) is 23.6 Å². The van der Waals surface area contributed by atoms with Crippen LogP contribution in [-0.2, 0) is 6.18 Å². The van der Waals surface area contributed by atoms with Crippen molar-refractivity contribution >= 4 is 11.6 Å². The highest BCUT2D eigenvalue weighted by Crippen LogP contribution is 2.32. The first kappa shape index (κ1) is 17.3. The van der Waals surface area contributed by atoms with Crippen LogP contribution < -0.4 is 4.90 Å². The van der Waals surface area contributed by atoms with Crippen molar-refractivity contribution in [1.82, 2.24) is 4.90 Å². The highest BCUT2D eigenvalue weighted by atomic mass is 19.4. The number of hydrogen-bond donors (Lipinski definition) is 0. The van der Waals surface area contributed by atoms with E-state index in [1.807, 2.05) is 25.1 Å². The van der Waals surface area contributed by atoms with Gasteiger partial charge >= 0.3 is 6.18 Å². The lowest BCUT2D eigenvalue weighted by Gasteiger charge is -2.36. The highest BCUT2D eigenvalue weighted by Gasteiger charge is 2.36. The lowest BCUT2D eigenvalue weighted by atomic mass is 10.1. The summed E-state index contributed by atoms with van der Waals surface area (Å²) in [5.74, 6) is -0.559. The molecular weight excluding hydrogens is 329 g/mol. The van der Waals surface area contributed by atoms with Crippen molar-refractivity contribution in [3.63, 3.8) is 0 Å². The first-order valence-corrected chi connectivity index (χ1v) is 8.13. The van der Waals surface area contributed by atoms with Gasteiger partial charge in [-0.15, -0.1) is 0 Å². The van der Waals surface area contributed by atoms with Gasteiger partial charge in [-0.3, -0.25) is 4.79 Å². The van der Waals surface area contributed by atoms with Crippen molar-refractivity contribution in [2.24, 2.45) is 0 Å². The van der Waals surface area contributed by atoms with Gasteiger partial charge < -0.3 is 9.80 Å². The summed E-state index contributed by atoms with van der Waals surface area (Å²) >= 11 is 0. The van der Waals surface area contributed by atoms with E-state index in [-0.39, 0.29) is 5.56 Å². The molecule has 1 aliphatic rings. The van der Waals surface area contributed by atoms with E-state index >= 15 is 0 Å². The molecule has 25 heavy (non-hydrogen) atoms. The van der Waals surface area contributed by atoms with Gasteiger partial charge in [-0.1, -0.05) is 24.3 Å². The van der Waals surface area contributed by atoms with Crippen LogP contribution in [0.15, 0.2) is 48.5 Å². The van der Waals surface area contributed by atoms with E-state index < -0.39 is 17.6 Å². The van der Waals surface area contributed by atoms with Crippen LogP contribution >= 0.6 is 0 Å². The van der Waals surface area contributed by atoms with Crippen LogP contribution in [0.5, 0.6) is 0 Å². The van der Waals surface area contributed by atoms with Gasteiger partial charge in [-0.2, -0.15) is 13.2 Å². The summed E-state index contributed by atoms with van der Waals surface area (Å²) in [4.78, 5) is 16.2. The molecular formula is C19H19F3N2O. The molecule has 0 unspecified atom stereocenters. The number of rotatable bonds is 2. The Morgan fingerprint density at radius 2 is 1.64 bits per heavy atom. The van der Waals surface area contributed by atoms with Crippen molar-refractivity contribution in [2.75, 3.05) is 31.1 Å². The molecule has 1 aliphatic heterocycles. The molecule has 0 spiro atoms. The van der Waals surface area contributed by atoms with Crippen molar-refractivity contribution < 1.29 is 18.0 Å². The summed E-state index contributed by atoms with van der Waals surface area (Å²) in [6.45, 7) is 4.02. The standard InChI is InChI=1S/C19H19F3N2O/c1-14-5-4-6-15(13-14)23-9-11-24(12-10-23)18(25)16-7-2-3-8-17(16)19(20,21)22/h2-8,13H,9-12H2,1H3. The monoisotopic (exact) mass is 348 g/mol. The van der Waals surface area contributed by atoms with Gasteiger partial charge in [0.25, 0.3) is 5.91 Å². The van der Waals surface area contributed by atoms with Crippen LogP contribution in [0.4, 0.5) is 18.9 Å². The summed E-state index contributed by atoms with van der Waals surface area (Å²) < 4.78 is 39.4. The smallest absolute Gasteiger partial charge is 0.368 e. The number of amides is 1. The first-order chi connectivity index (χ1) is 11.9. The van der Waals surface area contributed by atoms with E-state index in [2.05, 4.69) is 11.0 Å². The number of hydrogen-bond acceptors (Lipinski definition) is 2. The molecule has 1 saturated heterocycles. The largest absolute Gasteiger partial charge is 0.417 e. The van der Waals surface area contributed by atoms with E-state index in [4.69, 9.17) is 0 Å². The molecule has 2 aromatic carbocycles. The van der Waals surface area contributed by atoms with Gasteiger partial charge in [0.05, 0.1) is 11.1 Å². The summed E-state index contributed by atoms with van der Waals surface area (Å²) in [6.07, 6.45) is -4.53. The van der Waals surface area contributed by atoms with Gasteiger partial charge in [0.2, 0.25) is 0 Å². The van der Waals surface area contributed by atoms with Crippen LogP contribution in [0, 0.1) is 6.92 Å². The van der Waals surface area contributed by atoms with Gasteiger partial charge in [0, 0.05) is 31.9 Å². The van der Waals surface area contributed by atoms with Crippen LogP contribution in [0.1, 0.15) is 21.5 Å². The lowest BCUT2D eigenvalue weighted by molar-refractivity contribution is -0.138. The number of alkyl halides is 3. The molecule has 2 aromatic rings. The average Bonchev–Trinajstić information content (AvgIpc) is 2.60. The summed E-state index contributed by atoms with van der Waals surface area (Å²) in [7, 11) is 0. The summed E-state index contributed by atoms with van der Waals surface area (Å²) in [5, 5.41) is 0. The van der Waals surface area contributed by atoms with Gasteiger partial charge in [-0.05, 0) is 36.8 Å². The van der Waals surface area contributed by atoms with E-state index in [1.165, 1.54) is 23.1 Å². The quantitative estimate of drug-likeness (QED) is 0.820. The molecule has 3 rings (SSSR count). The summed E-state index contributed by atoms with van der Waals surface area (Å²) in [6, 6.07) is 13.0. The van der Waals surface area contributed by atoms with Gasteiger partial charge in [0.15, 0.2) is 0 Å². The molecule has 6 heteroatoms. The second kappa shape index (κ2) is 6.78. The molecule has 0 saturated carbocycles. The zero-order valence-electron chi connectivity index (χ0n) is 13.9. The number of nitrogens with zero attached hydrogens (tertiary/aromatic N) is 2. The average molecular weight is 348 g/mol. The third-order valence-corrected chi connectivity index (χ3v) is 4.40. The molecule has 1 amide bonds. The van der Waals surface area contributed by atoms with Crippen LogP contribution in [-0.4, -0.2) is 37.0 Å². The van der Waals surface area contributed by atoms with Crippen LogP contribution in [0.2, 0.25) is 0 Å². The first-order valence-electron chi connectivity index (χ1n) is 8.13. The Balaban J connectivity index is 1.72. The number of anilines is 1. The maximum absolute atomic E-state index is 13.1. The molecule has 1 heterocycles. The lowest BCUT2D eigenvalue weighted by Crippen LogP contribution is -2.49. The second-order valence-corrected chi connectivity index (χ2v) is 6.16. The second-order valence-electron chi connectivity index (χ2n) is 6.16. The normalized spacial score (nSPS) is 15.4. The molecule has 1 fully saturated rings. The Morgan fingerprint density at radius 3 is 2.28 bits per heavy atom. The third kappa shape index (κ3) is 3.78. The number of carbonyl (C=O) groups is 1. The minimum atomic E-state index is -4.53. The van der Waals surface area contributed by atoms with Gasteiger partial charge in [-0.25, -0.2) is 0 Å². The highest BCUT2D eigenvalue weighted by molar-refractivity contribution is 5.96. The molecule has 0 aromatic heterocycles. The fourth-order valence-corrected chi connectivity index (χ4v) is 3.08. The fourth-order valence-electron chi connectivity index (χ4n) is 3.08. The van der Waals surface area contributed by atoms with Crippen molar-refractivity contribution in [2.45, 2.75) is 13.1 Å². The van der Waals surface area contributed by atoms with Gasteiger partial charge in [0.1, 0.15) is 0 Å². The fraction of sp³-hybridized carbons (Fsp3) is 0.316. The zero-order valence-corrected chi connectivity index (χ0v) is 13.9. The molecule has 0 bridgehead atoms. The number of carbonyl (C=O) groups excluding carboxylic acids is 1. The molecule has 0 N–H and O–H groups in total. The predicted octanol–water partition coefficient (Wildman–Crippen LogP) is 3.98. The Bertz CT molecular complexity index is 765. The maximum Gasteiger partial charge on any atom is 0.417 e. The third-order valence-electron chi connectivity index (χ3n) is 4.40. The van der Waals surface area contributed by atoms with Crippen molar-refractivity contribution in [3.05, 3.63) is 65.2 Å². The van der Waals surface area contributed by atoms with E-state index in [0.717, 1.165) is 17.3 Å². The number of halogens is 3. The Kier molecular flexibility index (Phi) is 4.70. The Morgan fingerprint density at radius 1 is 0.960 bits per heavy atom. The van der Waals surface area contributed by atoms with Crippen molar-refractivity contribution in [3.8, 4) is 0 Å². The Labute approximate surface area is 144 Å². The minimum absolute atomic E-state index is 0.279. The van der Waals surface area contributed by atoms with Crippen molar-refractivity contribution in [1.29, 1.82) is 0 Å². The van der Waals surface area contributed by atoms with E-state index in [0.29, 0.717) is 26.2 Å². The number of benzene rings is 2. The molecule has 132 valence electrons. The molecule has 0 radical (unpaired) electrons. The maximum atomic E-state index is 13.1. The molecule has 0 atom stereocenters. The molecule has 3 nitrogen and oxygen atoms in total. The van der Waals surface area contributed by atoms with Crippen LogP contribution in [0.25, 0.3) is 0 Å². The Hall–Kier alpha value is -2.50. The predicted molar refractivity (Wildman–Crippen MR) is 90.7 cm³/mol. The van der Waals surface area contributed by atoms with E-state index in [1.54, 1.807) is 0 Å². The zero-order chi connectivity index (χ0) is 18.0. The number of piperazine rings is 1. The minimum Gasteiger partial charge on any atom is -0.368 e. The molecule has 0 aliphatic carbocycles. The number of aryl methyl sites for hydroxylation is 1.